The second-order valence-electron chi connectivity index (χ2n) is 4.62. The molecule has 0 aromatic heterocycles. The average Bonchev–Trinajstić information content (AvgIpc) is 2.36. The minimum absolute atomic E-state index is 0.0220. The monoisotopic (exact) mass is 267 g/mol. The van der Waals surface area contributed by atoms with Gasteiger partial charge in [0.15, 0.2) is 0 Å². The summed E-state index contributed by atoms with van der Waals surface area (Å²) in [5.74, 6) is -1.11. The molecule has 1 rings (SSSR count). The molecule has 0 heterocycles. The smallest absolute Gasteiger partial charge is 0.251 e. The van der Waals surface area contributed by atoms with Gasteiger partial charge in [0.05, 0.1) is 12.2 Å². The van der Waals surface area contributed by atoms with Crippen LogP contribution in [0.25, 0.3) is 0 Å². The van der Waals surface area contributed by atoms with Crippen LogP contribution >= 0.6 is 0 Å². The molecule has 0 unspecified atom stereocenters. The van der Waals surface area contributed by atoms with E-state index in [1.807, 2.05) is 13.8 Å². The molecule has 0 saturated carbocycles. The number of halogens is 1. The van der Waals surface area contributed by atoms with Crippen molar-refractivity contribution >= 4 is 17.5 Å². The van der Waals surface area contributed by atoms with Crippen LogP contribution in [0.15, 0.2) is 18.2 Å². The first kappa shape index (κ1) is 14.9. The molecule has 0 aliphatic carbocycles. The van der Waals surface area contributed by atoms with Crippen molar-refractivity contribution in [1.82, 2.24) is 10.6 Å². The molecule has 0 atom stereocenters. The van der Waals surface area contributed by atoms with Crippen molar-refractivity contribution in [3.8, 4) is 0 Å². The average molecular weight is 267 g/mol. The predicted octanol–water partition coefficient (Wildman–Crippen LogP) is 0.910. The number of hydrogen-bond donors (Lipinski definition) is 3. The zero-order valence-electron chi connectivity index (χ0n) is 11.0. The fourth-order valence-corrected chi connectivity index (χ4v) is 1.31. The zero-order chi connectivity index (χ0) is 14.4. The van der Waals surface area contributed by atoms with Gasteiger partial charge in [-0.25, -0.2) is 4.39 Å². The number of anilines is 1. The Hall–Kier alpha value is -2.11. The molecule has 0 spiro atoms. The molecule has 2 amide bonds. The maximum atomic E-state index is 13.2. The Morgan fingerprint density at radius 3 is 2.58 bits per heavy atom. The van der Waals surface area contributed by atoms with Gasteiger partial charge in [-0.2, -0.15) is 0 Å². The molecule has 0 bridgehead atoms. The second-order valence-corrected chi connectivity index (χ2v) is 4.62. The van der Waals surface area contributed by atoms with E-state index < -0.39 is 11.7 Å². The van der Waals surface area contributed by atoms with E-state index in [0.717, 1.165) is 6.07 Å². The lowest BCUT2D eigenvalue weighted by Crippen LogP contribution is -2.38. The number of benzene rings is 1. The normalized spacial score (nSPS) is 10.3. The minimum Gasteiger partial charge on any atom is -0.396 e. The van der Waals surface area contributed by atoms with E-state index in [0.29, 0.717) is 12.5 Å². The van der Waals surface area contributed by atoms with Crippen LogP contribution in [0, 0.1) is 11.7 Å². The Balaban J connectivity index is 2.47. The zero-order valence-corrected chi connectivity index (χ0v) is 11.0. The minimum atomic E-state index is -0.656. The molecule has 5 nitrogen and oxygen atoms in total. The van der Waals surface area contributed by atoms with Crippen LogP contribution in [0.1, 0.15) is 24.2 Å². The number of nitrogens with two attached hydrogens (primary N) is 1. The lowest BCUT2D eigenvalue weighted by molar-refractivity contribution is -0.120. The van der Waals surface area contributed by atoms with Gasteiger partial charge in [0.1, 0.15) is 5.82 Å². The Morgan fingerprint density at radius 1 is 1.32 bits per heavy atom. The van der Waals surface area contributed by atoms with Gasteiger partial charge in [0, 0.05) is 12.1 Å². The number of hydrogen-bond acceptors (Lipinski definition) is 3. The maximum Gasteiger partial charge on any atom is 0.251 e. The van der Waals surface area contributed by atoms with Crippen LogP contribution in [0.3, 0.4) is 0 Å². The third kappa shape index (κ3) is 4.95. The van der Waals surface area contributed by atoms with E-state index in [1.54, 1.807) is 0 Å². The van der Waals surface area contributed by atoms with Crippen LogP contribution in [0.2, 0.25) is 0 Å². The fourth-order valence-electron chi connectivity index (χ4n) is 1.31. The Morgan fingerprint density at radius 2 is 2.00 bits per heavy atom. The molecule has 1 aromatic rings. The second kappa shape index (κ2) is 6.72. The molecule has 0 aliphatic rings. The van der Waals surface area contributed by atoms with E-state index >= 15 is 0 Å². The molecule has 0 saturated heterocycles. The van der Waals surface area contributed by atoms with Gasteiger partial charge < -0.3 is 16.4 Å². The highest BCUT2D eigenvalue weighted by Crippen LogP contribution is 2.11. The van der Waals surface area contributed by atoms with Gasteiger partial charge in [0.25, 0.3) is 5.91 Å². The maximum absolute atomic E-state index is 13.2. The number of rotatable bonds is 5. The number of carbonyl (C=O) groups is 2. The van der Waals surface area contributed by atoms with Gasteiger partial charge >= 0.3 is 0 Å². The standard InChI is InChI=1S/C13H18FN3O2/c1-8(2)6-16-12(18)7-17-13(19)9-3-4-11(15)10(14)5-9/h3-5,8H,6-7,15H2,1-2H3,(H,16,18)(H,17,19). The lowest BCUT2D eigenvalue weighted by atomic mass is 10.2. The summed E-state index contributed by atoms with van der Waals surface area (Å²) in [4.78, 5) is 23.0. The summed E-state index contributed by atoms with van der Waals surface area (Å²) in [7, 11) is 0. The first-order valence-corrected chi connectivity index (χ1v) is 6.00. The highest BCUT2D eigenvalue weighted by molar-refractivity contribution is 5.96. The highest BCUT2D eigenvalue weighted by atomic mass is 19.1. The van der Waals surface area contributed by atoms with Gasteiger partial charge in [0.2, 0.25) is 5.91 Å². The predicted molar refractivity (Wildman–Crippen MR) is 71.0 cm³/mol. The van der Waals surface area contributed by atoms with Crippen molar-refractivity contribution in [2.45, 2.75) is 13.8 Å². The van der Waals surface area contributed by atoms with Gasteiger partial charge in [-0.05, 0) is 24.1 Å². The van der Waals surface area contributed by atoms with Crippen molar-refractivity contribution in [1.29, 1.82) is 0 Å². The molecule has 0 aliphatic heterocycles. The summed E-state index contributed by atoms with van der Waals surface area (Å²) in [6.07, 6.45) is 0. The summed E-state index contributed by atoms with van der Waals surface area (Å²) in [6, 6.07) is 3.75. The Kier molecular flexibility index (Phi) is 5.29. The summed E-state index contributed by atoms with van der Waals surface area (Å²) >= 11 is 0. The summed E-state index contributed by atoms with van der Waals surface area (Å²) in [5, 5.41) is 5.07. The Labute approximate surface area is 111 Å². The van der Waals surface area contributed by atoms with E-state index in [1.165, 1.54) is 12.1 Å². The summed E-state index contributed by atoms with van der Waals surface area (Å²) in [5.41, 5.74) is 5.41. The molecule has 1 aromatic carbocycles. The van der Waals surface area contributed by atoms with Crippen molar-refractivity contribution in [2.75, 3.05) is 18.8 Å². The van der Waals surface area contributed by atoms with Crippen LogP contribution in [-0.2, 0) is 4.79 Å². The molecule has 0 radical (unpaired) electrons. The quantitative estimate of drug-likeness (QED) is 0.693. The number of nitrogens with one attached hydrogen (secondary N) is 2. The first-order valence-electron chi connectivity index (χ1n) is 6.00. The van der Waals surface area contributed by atoms with Crippen molar-refractivity contribution in [3.05, 3.63) is 29.6 Å². The molecule has 0 fully saturated rings. The van der Waals surface area contributed by atoms with E-state index in [9.17, 15) is 14.0 Å². The van der Waals surface area contributed by atoms with Crippen molar-refractivity contribution in [2.24, 2.45) is 5.92 Å². The molecular formula is C13H18FN3O2. The number of nitrogen functional groups attached to an aromatic ring is 1. The molecule has 19 heavy (non-hydrogen) atoms. The van der Waals surface area contributed by atoms with Crippen molar-refractivity contribution < 1.29 is 14.0 Å². The van der Waals surface area contributed by atoms with Crippen LogP contribution in [0.5, 0.6) is 0 Å². The SMILES string of the molecule is CC(C)CNC(=O)CNC(=O)c1ccc(N)c(F)c1. The van der Waals surface area contributed by atoms with Gasteiger partial charge in [-0.3, -0.25) is 9.59 Å². The Bertz CT molecular complexity index is 475. The number of amides is 2. The topological polar surface area (TPSA) is 84.2 Å². The number of carbonyl (C=O) groups excluding carboxylic acids is 2. The van der Waals surface area contributed by atoms with Crippen LogP contribution < -0.4 is 16.4 Å². The fraction of sp³-hybridized carbons (Fsp3) is 0.385. The molecule has 104 valence electrons. The third-order valence-corrected chi connectivity index (χ3v) is 2.38. The van der Waals surface area contributed by atoms with Gasteiger partial charge in [-0.1, -0.05) is 13.8 Å². The summed E-state index contributed by atoms with van der Waals surface area (Å²) in [6.45, 7) is 4.34. The molecule has 4 N–H and O–H groups in total. The van der Waals surface area contributed by atoms with E-state index in [4.69, 9.17) is 5.73 Å². The van der Waals surface area contributed by atoms with Gasteiger partial charge in [-0.15, -0.1) is 0 Å². The third-order valence-electron chi connectivity index (χ3n) is 2.38. The largest absolute Gasteiger partial charge is 0.396 e. The van der Waals surface area contributed by atoms with E-state index in [-0.39, 0.29) is 23.7 Å². The molecule has 6 heteroatoms. The molecular weight excluding hydrogens is 249 g/mol. The summed E-state index contributed by atoms with van der Waals surface area (Å²) < 4.78 is 13.2. The highest BCUT2D eigenvalue weighted by Gasteiger charge is 2.10. The lowest BCUT2D eigenvalue weighted by Gasteiger charge is -2.09. The first-order chi connectivity index (χ1) is 8.90. The van der Waals surface area contributed by atoms with Crippen molar-refractivity contribution in [3.63, 3.8) is 0 Å². The van der Waals surface area contributed by atoms with Crippen LogP contribution in [0.4, 0.5) is 10.1 Å². The van der Waals surface area contributed by atoms with E-state index in [2.05, 4.69) is 10.6 Å². The van der Waals surface area contributed by atoms with Crippen LogP contribution in [-0.4, -0.2) is 24.9 Å².